The normalized spacial score (nSPS) is 18.5. The molecule has 2 fully saturated rings. The molecule has 14 heteroatoms. The molecule has 47 heavy (non-hydrogen) atoms. The Hall–Kier alpha value is -4.42. The van der Waals surface area contributed by atoms with Gasteiger partial charge < -0.3 is 9.80 Å². The van der Waals surface area contributed by atoms with Crippen LogP contribution in [0.4, 0.5) is 40.3 Å². The van der Waals surface area contributed by atoms with Crippen LogP contribution >= 0.6 is 23.2 Å². The second-order valence-corrected chi connectivity index (χ2v) is 12.5. The van der Waals surface area contributed by atoms with Crippen LogP contribution in [0.3, 0.4) is 0 Å². The average Bonchev–Trinajstić information content (AvgIpc) is 3.48. The molecule has 0 radical (unpaired) electrons. The van der Waals surface area contributed by atoms with E-state index in [1.54, 1.807) is 21.9 Å². The number of anilines is 2. The van der Waals surface area contributed by atoms with Gasteiger partial charge >= 0.3 is 0 Å². The zero-order valence-corrected chi connectivity index (χ0v) is 26.0. The predicted molar refractivity (Wildman–Crippen MR) is 170 cm³/mol. The summed E-state index contributed by atoms with van der Waals surface area (Å²) in [6.45, 7) is 0.545. The number of halogens is 6. The molecule has 2 aliphatic heterocycles. The van der Waals surface area contributed by atoms with Crippen molar-refractivity contribution in [3.05, 3.63) is 137 Å². The average molecular weight is 689 g/mol. The lowest BCUT2D eigenvalue weighted by Gasteiger charge is -2.36. The first-order valence-electron chi connectivity index (χ1n) is 14.8. The van der Waals surface area contributed by atoms with Crippen LogP contribution < -0.4 is 9.80 Å². The third-order valence-corrected chi connectivity index (χ3v) is 9.65. The monoisotopic (exact) mass is 688 g/mol. The third kappa shape index (κ3) is 6.31. The molecule has 4 aromatic carbocycles. The Morgan fingerprint density at radius 3 is 1.57 bits per heavy atom. The summed E-state index contributed by atoms with van der Waals surface area (Å²) >= 11 is 12.1. The van der Waals surface area contributed by atoms with Crippen molar-refractivity contribution >= 4 is 46.0 Å². The fraction of sp³-hybridized carbons (Fsp3) is 0.273. The maximum absolute atomic E-state index is 16.0. The molecule has 0 amide bonds. The van der Waals surface area contributed by atoms with Gasteiger partial charge in [-0.15, -0.1) is 0 Å². The summed E-state index contributed by atoms with van der Waals surface area (Å²) in [7, 11) is 0. The van der Waals surface area contributed by atoms with Gasteiger partial charge in [0.1, 0.15) is 15.7 Å². The molecule has 0 unspecified atom stereocenters. The topological polar surface area (TPSA) is 92.8 Å². The van der Waals surface area contributed by atoms with E-state index in [9.17, 15) is 29.0 Å². The molecule has 0 bridgehead atoms. The first-order chi connectivity index (χ1) is 22.4. The summed E-state index contributed by atoms with van der Waals surface area (Å²) in [5, 5.41) is 23.2. The minimum absolute atomic E-state index is 0.0667. The van der Waals surface area contributed by atoms with Gasteiger partial charge in [0.15, 0.2) is 23.3 Å². The van der Waals surface area contributed by atoms with E-state index < -0.39 is 45.2 Å². The van der Waals surface area contributed by atoms with Crippen LogP contribution in [-0.4, -0.2) is 22.9 Å². The van der Waals surface area contributed by atoms with Crippen molar-refractivity contribution in [3.8, 4) is 0 Å². The Labute approximate surface area is 276 Å². The van der Waals surface area contributed by atoms with Gasteiger partial charge in [0.2, 0.25) is 0 Å². The second-order valence-electron chi connectivity index (χ2n) is 11.6. The SMILES string of the molecule is O=[N+]([O-])c1cc([C@H]2CC[C@H](c3ccc(Cl)c([N+](=O)[O-])c3)N2c2cc(F)c(N3CCC(c4ccc(F)c(F)c4)CC3)c(F)c2)ccc1Cl. The number of nitro benzene ring substituents is 2. The van der Waals surface area contributed by atoms with E-state index in [4.69, 9.17) is 23.2 Å². The van der Waals surface area contributed by atoms with Crippen molar-refractivity contribution < 1.29 is 27.4 Å². The second kappa shape index (κ2) is 13.0. The molecular weight excluding hydrogens is 663 g/mol. The molecule has 8 nitrogen and oxygen atoms in total. The van der Waals surface area contributed by atoms with Gasteiger partial charge in [-0.2, -0.15) is 0 Å². The molecule has 0 N–H and O–H groups in total. The van der Waals surface area contributed by atoms with E-state index in [2.05, 4.69) is 0 Å². The maximum Gasteiger partial charge on any atom is 0.288 e. The molecule has 2 saturated heterocycles. The quantitative estimate of drug-likeness (QED) is 0.109. The summed E-state index contributed by atoms with van der Waals surface area (Å²) in [5.41, 5.74) is 0.851. The van der Waals surface area contributed by atoms with Crippen LogP contribution in [0, 0.1) is 43.5 Å². The lowest BCUT2D eigenvalue weighted by atomic mass is 9.89. The molecular formula is C33H26Cl2F4N4O4. The van der Waals surface area contributed by atoms with Crippen LogP contribution in [0.1, 0.15) is 60.4 Å². The van der Waals surface area contributed by atoms with Crippen LogP contribution in [0.2, 0.25) is 10.0 Å². The summed E-state index contributed by atoms with van der Waals surface area (Å²) in [6, 6.07) is 13.6. The highest BCUT2D eigenvalue weighted by Gasteiger charge is 2.38. The van der Waals surface area contributed by atoms with Crippen LogP contribution in [0.25, 0.3) is 0 Å². The van der Waals surface area contributed by atoms with E-state index in [0.717, 1.165) is 12.1 Å². The van der Waals surface area contributed by atoms with Gasteiger partial charge in [0.25, 0.3) is 11.4 Å². The van der Waals surface area contributed by atoms with Gasteiger partial charge in [-0.3, -0.25) is 20.2 Å². The number of nitrogens with zero attached hydrogens (tertiary/aromatic N) is 4. The molecule has 244 valence electrons. The molecule has 0 aromatic heterocycles. The maximum atomic E-state index is 16.0. The van der Waals surface area contributed by atoms with E-state index in [1.807, 2.05) is 0 Å². The van der Waals surface area contributed by atoms with Crippen molar-refractivity contribution in [1.82, 2.24) is 0 Å². The minimum Gasteiger partial charge on any atom is -0.367 e. The molecule has 4 aromatic rings. The first-order valence-corrected chi connectivity index (χ1v) is 15.5. The zero-order valence-electron chi connectivity index (χ0n) is 24.5. The van der Waals surface area contributed by atoms with Crippen molar-refractivity contribution in [2.75, 3.05) is 22.9 Å². The van der Waals surface area contributed by atoms with Gasteiger partial charge in [-0.1, -0.05) is 41.4 Å². The minimum atomic E-state index is -0.947. The Morgan fingerprint density at radius 1 is 0.617 bits per heavy atom. The summed E-state index contributed by atoms with van der Waals surface area (Å²) in [5.74, 6) is -3.66. The number of hydrogen-bond donors (Lipinski definition) is 0. The largest absolute Gasteiger partial charge is 0.367 e. The Bertz CT molecular complexity index is 1800. The van der Waals surface area contributed by atoms with Gasteiger partial charge in [-0.25, -0.2) is 17.6 Å². The lowest BCUT2D eigenvalue weighted by Crippen LogP contribution is -2.34. The number of nitro groups is 2. The van der Waals surface area contributed by atoms with E-state index >= 15 is 8.78 Å². The summed E-state index contributed by atoms with van der Waals surface area (Å²) in [4.78, 5) is 25.4. The summed E-state index contributed by atoms with van der Waals surface area (Å²) < 4.78 is 59.1. The van der Waals surface area contributed by atoms with Crippen molar-refractivity contribution in [1.29, 1.82) is 0 Å². The van der Waals surface area contributed by atoms with Crippen LogP contribution in [0.15, 0.2) is 66.7 Å². The zero-order chi connectivity index (χ0) is 33.6. The number of rotatable bonds is 7. The highest BCUT2D eigenvalue weighted by Crippen LogP contribution is 2.49. The Kier molecular flexibility index (Phi) is 8.99. The van der Waals surface area contributed by atoms with Crippen molar-refractivity contribution in [2.24, 2.45) is 0 Å². The molecule has 6 rings (SSSR count). The first kappa shape index (κ1) is 32.5. The Morgan fingerprint density at radius 2 is 1.11 bits per heavy atom. The summed E-state index contributed by atoms with van der Waals surface area (Å²) in [6.07, 6.45) is 1.74. The smallest absolute Gasteiger partial charge is 0.288 e. The predicted octanol–water partition coefficient (Wildman–Crippen LogP) is 9.83. The van der Waals surface area contributed by atoms with Gasteiger partial charge in [-0.05, 0) is 84.7 Å². The highest BCUT2D eigenvalue weighted by atomic mass is 35.5. The molecule has 2 aliphatic rings. The van der Waals surface area contributed by atoms with Crippen LogP contribution in [0.5, 0.6) is 0 Å². The number of piperidine rings is 1. The van der Waals surface area contributed by atoms with Crippen molar-refractivity contribution in [2.45, 2.75) is 43.7 Å². The molecule has 2 atom stereocenters. The molecule has 0 aliphatic carbocycles. The number of benzene rings is 4. The molecule has 0 spiro atoms. The van der Waals surface area contributed by atoms with E-state index in [0.29, 0.717) is 42.4 Å². The fourth-order valence-corrected chi connectivity index (χ4v) is 7.16. The van der Waals surface area contributed by atoms with Crippen molar-refractivity contribution in [3.63, 3.8) is 0 Å². The molecule has 0 saturated carbocycles. The fourth-order valence-electron chi connectivity index (χ4n) is 6.79. The third-order valence-electron chi connectivity index (χ3n) is 9.01. The molecule has 2 heterocycles. The highest BCUT2D eigenvalue weighted by molar-refractivity contribution is 6.33. The standard InChI is InChI=1S/C33H26Cl2F4N4O4/c34-23-4-1-20(14-31(23)42(44)45)29-7-8-30(21-2-5-24(35)32(15-21)43(46)47)41(29)22-16-27(38)33(28(39)17-22)40-11-9-18(10-12-40)19-3-6-25(36)26(37)13-19/h1-6,13-18,29-30H,7-12H2/t29-,30-/m1/s1. The van der Waals surface area contributed by atoms with Gasteiger partial charge in [0, 0.05) is 30.9 Å². The lowest BCUT2D eigenvalue weighted by molar-refractivity contribution is -0.384. The van der Waals surface area contributed by atoms with Crippen LogP contribution in [-0.2, 0) is 0 Å². The van der Waals surface area contributed by atoms with E-state index in [-0.39, 0.29) is 51.8 Å². The Balaban J connectivity index is 1.35. The number of hydrogen-bond acceptors (Lipinski definition) is 6. The van der Waals surface area contributed by atoms with E-state index in [1.165, 1.54) is 42.5 Å². The van der Waals surface area contributed by atoms with Gasteiger partial charge in [0.05, 0.1) is 21.9 Å².